The molecule has 0 saturated heterocycles. The Morgan fingerprint density at radius 2 is 1.82 bits per heavy atom. The van der Waals surface area contributed by atoms with E-state index in [1.54, 1.807) is 18.2 Å². The van der Waals surface area contributed by atoms with Crippen molar-refractivity contribution in [2.24, 2.45) is 4.99 Å². The zero-order valence-electron chi connectivity index (χ0n) is 15.0. The molecule has 0 fully saturated rings. The maximum Gasteiger partial charge on any atom is 0.307 e. The third kappa shape index (κ3) is 7.23. The van der Waals surface area contributed by atoms with Crippen LogP contribution in [-0.4, -0.2) is 37.0 Å². The van der Waals surface area contributed by atoms with E-state index in [-0.39, 0.29) is 26.1 Å². The van der Waals surface area contributed by atoms with Crippen molar-refractivity contribution in [2.75, 3.05) is 18.4 Å². The molecule has 2 rings (SSSR count). The van der Waals surface area contributed by atoms with Gasteiger partial charge in [-0.05, 0) is 23.8 Å². The number of rotatable bonds is 9. The quantitative estimate of drug-likeness (QED) is 0.391. The molecule has 0 spiro atoms. The number of isocyanates is 1. The van der Waals surface area contributed by atoms with Crippen molar-refractivity contribution in [1.29, 1.82) is 0 Å². The highest BCUT2D eigenvalue weighted by Gasteiger charge is 2.09. The second-order valence-corrected chi connectivity index (χ2v) is 5.69. The van der Waals surface area contributed by atoms with Crippen LogP contribution in [0.2, 0.25) is 0 Å². The fraction of sp³-hybridized carbons (Fsp3) is 0.200. The van der Waals surface area contributed by atoms with E-state index < -0.39 is 17.8 Å². The first-order valence-electron chi connectivity index (χ1n) is 8.50. The van der Waals surface area contributed by atoms with Crippen molar-refractivity contribution in [3.8, 4) is 0 Å². The summed E-state index contributed by atoms with van der Waals surface area (Å²) in [5.41, 5.74) is 1.59. The SMILES string of the molecule is O=C=NCC(=O)Nc1cccc(C(=O)NCCC(=O)OCc2ccccc2)c1. The first-order valence-corrected chi connectivity index (χ1v) is 8.50. The molecule has 0 aliphatic carbocycles. The number of nitrogens with zero attached hydrogens (tertiary/aromatic N) is 1. The summed E-state index contributed by atoms with van der Waals surface area (Å²) in [4.78, 5) is 48.6. The monoisotopic (exact) mass is 381 g/mol. The lowest BCUT2D eigenvalue weighted by molar-refractivity contribution is -0.144. The molecule has 0 aliphatic heterocycles. The highest BCUT2D eigenvalue weighted by molar-refractivity contribution is 5.97. The Balaban J connectivity index is 1.76. The smallest absolute Gasteiger partial charge is 0.307 e. The number of benzene rings is 2. The number of carbonyl (C=O) groups is 3. The number of hydrogen-bond acceptors (Lipinski definition) is 6. The van der Waals surface area contributed by atoms with Gasteiger partial charge in [0.1, 0.15) is 13.2 Å². The van der Waals surface area contributed by atoms with E-state index >= 15 is 0 Å². The van der Waals surface area contributed by atoms with E-state index in [9.17, 15) is 19.2 Å². The standard InChI is InChI=1S/C20H19N3O5/c24-14-21-12-18(25)23-17-8-4-7-16(11-17)20(27)22-10-9-19(26)28-13-15-5-2-1-3-6-15/h1-8,11H,9-10,12-13H2,(H,22,27)(H,23,25). The number of aliphatic imine (C=N–C) groups is 1. The van der Waals surface area contributed by atoms with Crippen LogP contribution in [0.4, 0.5) is 5.69 Å². The average Bonchev–Trinajstić information content (AvgIpc) is 2.71. The molecule has 144 valence electrons. The fourth-order valence-corrected chi connectivity index (χ4v) is 2.23. The first kappa shape index (κ1) is 20.5. The molecule has 0 atom stereocenters. The highest BCUT2D eigenvalue weighted by Crippen LogP contribution is 2.10. The fourth-order valence-electron chi connectivity index (χ4n) is 2.23. The summed E-state index contributed by atoms with van der Waals surface area (Å²) in [6.07, 6.45) is 1.32. The molecule has 2 aromatic rings. The van der Waals surface area contributed by atoms with Crippen molar-refractivity contribution in [3.05, 3.63) is 65.7 Å². The minimum Gasteiger partial charge on any atom is -0.461 e. The van der Waals surface area contributed by atoms with Crippen LogP contribution in [0.1, 0.15) is 22.3 Å². The predicted octanol–water partition coefficient (Wildman–Crippen LogP) is 1.82. The normalized spacial score (nSPS) is 9.71. The van der Waals surface area contributed by atoms with Crippen LogP contribution in [-0.2, 0) is 25.7 Å². The van der Waals surface area contributed by atoms with Gasteiger partial charge in [0.2, 0.25) is 12.0 Å². The van der Waals surface area contributed by atoms with Gasteiger partial charge in [0.15, 0.2) is 0 Å². The number of carbonyl (C=O) groups excluding carboxylic acids is 4. The van der Waals surface area contributed by atoms with Gasteiger partial charge >= 0.3 is 5.97 Å². The summed E-state index contributed by atoms with van der Waals surface area (Å²) in [5.74, 6) is -1.30. The van der Waals surface area contributed by atoms with Gasteiger partial charge in [-0.2, -0.15) is 4.99 Å². The summed E-state index contributed by atoms with van der Waals surface area (Å²) in [7, 11) is 0. The van der Waals surface area contributed by atoms with Gasteiger partial charge in [-0.15, -0.1) is 0 Å². The Bertz CT molecular complexity index is 876. The maximum absolute atomic E-state index is 12.2. The summed E-state index contributed by atoms with van der Waals surface area (Å²) >= 11 is 0. The van der Waals surface area contributed by atoms with Gasteiger partial charge in [-0.1, -0.05) is 36.4 Å². The number of hydrogen-bond donors (Lipinski definition) is 2. The highest BCUT2D eigenvalue weighted by atomic mass is 16.5. The van der Waals surface area contributed by atoms with Crippen LogP contribution in [0, 0.1) is 0 Å². The largest absolute Gasteiger partial charge is 0.461 e. The number of ether oxygens (including phenoxy) is 1. The zero-order valence-corrected chi connectivity index (χ0v) is 15.0. The van der Waals surface area contributed by atoms with E-state index in [1.807, 2.05) is 30.3 Å². The van der Waals surface area contributed by atoms with E-state index in [0.717, 1.165) is 5.56 Å². The van der Waals surface area contributed by atoms with Gasteiger partial charge in [0, 0.05) is 17.8 Å². The number of anilines is 1. The molecule has 0 bridgehead atoms. The Labute approximate surface area is 161 Å². The second-order valence-electron chi connectivity index (χ2n) is 5.69. The molecule has 28 heavy (non-hydrogen) atoms. The zero-order chi connectivity index (χ0) is 20.2. The molecule has 8 nitrogen and oxygen atoms in total. The van der Waals surface area contributed by atoms with E-state index in [4.69, 9.17) is 4.74 Å². The molecule has 0 aliphatic rings. The van der Waals surface area contributed by atoms with Crippen molar-refractivity contribution < 1.29 is 23.9 Å². The Morgan fingerprint density at radius 1 is 1.04 bits per heavy atom. The van der Waals surface area contributed by atoms with Crippen LogP contribution >= 0.6 is 0 Å². The topological polar surface area (TPSA) is 114 Å². The minimum atomic E-state index is -0.498. The lowest BCUT2D eigenvalue weighted by atomic mass is 10.2. The van der Waals surface area contributed by atoms with E-state index in [1.165, 1.54) is 12.1 Å². The van der Waals surface area contributed by atoms with Gasteiger partial charge in [-0.25, -0.2) is 4.79 Å². The van der Waals surface area contributed by atoms with Crippen molar-refractivity contribution in [3.63, 3.8) is 0 Å². The number of nitrogens with one attached hydrogen (secondary N) is 2. The average molecular weight is 381 g/mol. The van der Waals surface area contributed by atoms with Crippen LogP contribution in [0.15, 0.2) is 59.6 Å². The summed E-state index contributed by atoms with van der Waals surface area (Å²) in [6.45, 7) is -0.0361. The third-order valence-corrected chi connectivity index (χ3v) is 3.55. The first-order chi connectivity index (χ1) is 13.6. The Morgan fingerprint density at radius 3 is 2.57 bits per heavy atom. The molecule has 2 aromatic carbocycles. The molecule has 0 unspecified atom stereocenters. The minimum absolute atomic E-state index is 0.0404. The lowest BCUT2D eigenvalue weighted by Crippen LogP contribution is -2.26. The van der Waals surface area contributed by atoms with Gasteiger partial charge < -0.3 is 15.4 Å². The molecule has 0 aromatic heterocycles. The van der Waals surface area contributed by atoms with Crippen LogP contribution in [0.3, 0.4) is 0 Å². The van der Waals surface area contributed by atoms with Crippen LogP contribution in [0.25, 0.3) is 0 Å². The van der Waals surface area contributed by atoms with Gasteiger partial charge in [0.25, 0.3) is 5.91 Å². The van der Waals surface area contributed by atoms with Crippen molar-refractivity contribution in [2.45, 2.75) is 13.0 Å². The molecule has 0 saturated carbocycles. The van der Waals surface area contributed by atoms with Gasteiger partial charge in [-0.3, -0.25) is 14.4 Å². The molecule has 2 amide bonds. The van der Waals surface area contributed by atoms with E-state index in [2.05, 4.69) is 15.6 Å². The predicted molar refractivity (Wildman–Crippen MR) is 101 cm³/mol. The molecular formula is C20H19N3O5. The Kier molecular flexibility index (Phi) is 8.11. The lowest BCUT2D eigenvalue weighted by Gasteiger charge is -2.08. The number of esters is 1. The summed E-state index contributed by atoms with van der Waals surface area (Å²) < 4.78 is 5.14. The molecule has 0 radical (unpaired) electrons. The Hall–Kier alpha value is -3.77. The van der Waals surface area contributed by atoms with E-state index in [0.29, 0.717) is 11.3 Å². The van der Waals surface area contributed by atoms with Crippen LogP contribution < -0.4 is 10.6 Å². The molecule has 2 N–H and O–H groups in total. The molecule has 8 heteroatoms. The summed E-state index contributed by atoms with van der Waals surface area (Å²) in [6, 6.07) is 15.5. The third-order valence-electron chi connectivity index (χ3n) is 3.55. The maximum atomic E-state index is 12.2. The molecular weight excluding hydrogens is 362 g/mol. The number of amides is 2. The van der Waals surface area contributed by atoms with Gasteiger partial charge in [0.05, 0.1) is 6.42 Å². The van der Waals surface area contributed by atoms with Crippen molar-refractivity contribution >= 4 is 29.6 Å². The second kappa shape index (κ2) is 11.1. The van der Waals surface area contributed by atoms with Crippen molar-refractivity contribution in [1.82, 2.24) is 5.32 Å². The van der Waals surface area contributed by atoms with Crippen LogP contribution in [0.5, 0.6) is 0 Å². The molecule has 0 heterocycles. The summed E-state index contributed by atoms with van der Waals surface area (Å²) in [5, 5.41) is 5.13.